The van der Waals surface area contributed by atoms with Crippen molar-refractivity contribution >= 4 is 17.6 Å². The molecule has 0 aromatic heterocycles. The second kappa shape index (κ2) is 7.05. The summed E-state index contributed by atoms with van der Waals surface area (Å²) >= 11 is 0. The van der Waals surface area contributed by atoms with Gasteiger partial charge < -0.3 is 10.1 Å². The lowest BCUT2D eigenvalue weighted by atomic mass is 10.1. The number of aryl methyl sites for hydroxylation is 2. The van der Waals surface area contributed by atoms with Gasteiger partial charge in [-0.1, -0.05) is 17.2 Å². The zero-order chi connectivity index (χ0) is 17.0. The molecular weight excluding hydrogens is 297 g/mol. The SMILES string of the molecule is CCOC(=O)c1ccc(NC(=O)c2cc(C)cc(C)c2)cc1F. The van der Waals surface area contributed by atoms with Gasteiger partial charge in [-0.15, -0.1) is 0 Å². The highest BCUT2D eigenvalue weighted by Crippen LogP contribution is 2.17. The number of hydrogen-bond acceptors (Lipinski definition) is 3. The van der Waals surface area contributed by atoms with Crippen LogP contribution in [0.15, 0.2) is 36.4 Å². The monoisotopic (exact) mass is 315 g/mol. The summed E-state index contributed by atoms with van der Waals surface area (Å²) in [6, 6.07) is 9.34. The molecular formula is C18H18FNO3. The van der Waals surface area contributed by atoms with Crippen molar-refractivity contribution in [3.8, 4) is 0 Å². The summed E-state index contributed by atoms with van der Waals surface area (Å²) in [6.45, 7) is 5.62. The van der Waals surface area contributed by atoms with Gasteiger partial charge in [-0.25, -0.2) is 9.18 Å². The van der Waals surface area contributed by atoms with Crippen molar-refractivity contribution < 1.29 is 18.7 Å². The average Bonchev–Trinajstić information content (AvgIpc) is 2.46. The van der Waals surface area contributed by atoms with Crippen molar-refractivity contribution in [3.05, 3.63) is 64.5 Å². The minimum atomic E-state index is -0.735. The maximum Gasteiger partial charge on any atom is 0.341 e. The number of hydrogen-bond donors (Lipinski definition) is 1. The predicted molar refractivity (Wildman–Crippen MR) is 86.2 cm³/mol. The van der Waals surface area contributed by atoms with Gasteiger partial charge in [0.25, 0.3) is 5.91 Å². The zero-order valence-electron chi connectivity index (χ0n) is 13.3. The van der Waals surface area contributed by atoms with Gasteiger partial charge in [0.1, 0.15) is 5.82 Å². The molecule has 0 saturated carbocycles. The van der Waals surface area contributed by atoms with Gasteiger partial charge >= 0.3 is 5.97 Å². The fourth-order valence-electron chi connectivity index (χ4n) is 2.28. The van der Waals surface area contributed by atoms with Crippen molar-refractivity contribution in [2.24, 2.45) is 0 Å². The van der Waals surface area contributed by atoms with Gasteiger partial charge in [-0.3, -0.25) is 4.79 Å². The van der Waals surface area contributed by atoms with Gasteiger partial charge in [-0.2, -0.15) is 0 Å². The van der Waals surface area contributed by atoms with Crippen LogP contribution >= 0.6 is 0 Å². The number of ether oxygens (including phenoxy) is 1. The lowest BCUT2D eigenvalue weighted by Gasteiger charge is -2.09. The van der Waals surface area contributed by atoms with E-state index < -0.39 is 11.8 Å². The Kier molecular flexibility index (Phi) is 5.11. The smallest absolute Gasteiger partial charge is 0.341 e. The van der Waals surface area contributed by atoms with Gasteiger partial charge in [0.15, 0.2) is 0 Å². The van der Waals surface area contributed by atoms with E-state index in [2.05, 4.69) is 5.32 Å². The highest BCUT2D eigenvalue weighted by atomic mass is 19.1. The second-order valence-electron chi connectivity index (χ2n) is 5.25. The number of rotatable bonds is 4. The molecule has 2 aromatic carbocycles. The van der Waals surface area contributed by atoms with Crippen LogP contribution in [-0.2, 0) is 4.74 Å². The molecule has 0 atom stereocenters. The summed E-state index contributed by atoms with van der Waals surface area (Å²) in [5.74, 6) is -1.79. The van der Waals surface area contributed by atoms with Crippen molar-refractivity contribution in [2.45, 2.75) is 20.8 Å². The average molecular weight is 315 g/mol. The van der Waals surface area contributed by atoms with Crippen LogP contribution in [0.1, 0.15) is 38.8 Å². The molecule has 0 unspecified atom stereocenters. The standard InChI is InChI=1S/C18H18FNO3/c1-4-23-18(22)15-6-5-14(10-16(15)19)20-17(21)13-8-11(2)7-12(3)9-13/h5-10H,4H2,1-3H3,(H,20,21). The van der Waals surface area contributed by atoms with Crippen molar-refractivity contribution in [1.82, 2.24) is 0 Å². The van der Waals surface area contributed by atoms with Gasteiger partial charge in [0, 0.05) is 11.3 Å². The minimum absolute atomic E-state index is 0.156. The van der Waals surface area contributed by atoms with Crippen molar-refractivity contribution in [3.63, 3.8) is 0 Å². The number of nitrogens with one attached hydrogen (secondary N) is 1. The molecule has 0 aliphatic carbocycles. The van der Waals surface area contributed by atoms with Gasteiger partial charge in [-0.05, 0) is 51.1 Å². The predicted octanol–water partition coefficient (Wildman–Crippen LogP) is 3.87. The quantitative estimate of drug-likeness (QED) is 0.871. The van der Waals surface area contributed by atoms with Crippen LogP contribution in [0.5, 0.6) is 0 Å². The Labute approximate surface area is 134 Å². The Balaban J connectivity index is 2.18. The maximum atomic E-state index is 14.0. The number of carbonyl (C=O) groups excluding carboxylic acids is 2. The summed E-state index contributed by atoms with van der Waals surface area (Å²) < 4.78 is 18.7. The van der Waals surface area contributed by atoms with Crippen molar-refractivity contribution in [2.75, 3.05) is 11.9 Å². The zero-order valence-corrected chi connectivity index (χ0v) is 13.3. The molecule has 2 aromatic rings. The topological polar surface area (TPSA) is 55.4 Å². The van der Waals surface area contributed by atoms with Crippen LogP contribution in [0.3, 0.4) is 0 Å². The van der Waals surface area contributed by atoms with Crippen LogP contribution in [0, 0.1) is 19.7 Å². The van der Waals surface area contributed by atoms with Crippen LogP contribution in [0.4, 0.5) is 10.1 Å². The highest BCUT2D eigenvalue weighted by Gasteiger charge is 2.14. The molecule has 0 heterocycles. The van der Waals surface area contributed by atoms with E-state index in [-0.39, 0.29) is 23.8 Å². The summed E-state index contributed by atoms with van der Waals surface area (Å²) in [4.78, 5) is 23.8. The summed E-state index contributed by atoms with van der Waals surface area (Å²) in [7, 11) is 0. The van der Waals surface area contributed by atoms with Gasteiger partial charge in [0.05, 0.1) is 12.2 Å². The third kappa shape index (κ3) is 4.16. The van der Waals surface area contributed by atoms with E-state index in [1.54, 1.807) is 19.1 Å². The molecule has 0 saturated heterocycles. The molecule has 23 heavy (non-hydrogen) atoms. The molecule has 1 N–H and O–H groups in total. The van der Waals surface area contributed by atoms with E-state index in [1.165, 1.54) is 12.1 Å². The lowest BCUT2D eigenvalue weighted by Crippen LogP contribution is -2.13. The summed E-state index contributed by atoms with van der Waals surface area (Å²) in [6.07, 6.45) is 0. The third-order valence-corrected chi connectivity index (χ3v) is 3.21. The second-order valence-corrected chi connectivity index (χ2v) is 5.25. The fraction of sp³-hybridized carbons (Fsp3) is 0.222. The molecule has 0 aliphatic rings. The lowest BCUT2D eigenvalue weighted by molar-refractivity contribution is 0.0521. The molecule has 0 bridgehead atoms. The Morgan fingerprint density at radius 3 is 2.30 bits per heavy atom. The Morgan fingerprint density at radius 1 is 1.09 bits per heavy atom. The molecule has 0 spiro atoms. The molecule has 2 rings (SSSR count). The van der Waals surface area contributed by atoms with Crippen LogP contribution in [0.2, 0.25) is 0 Å². The number of benzene rings is 2. The number of carbonyl (C=O) groups is 2. The molecule has 4 nitrogen and oxygen atoms in total. The number of esters is 1. The first kappa shape index (κ1) is 16.7. The fourth-order valence-corrected chi connectivity index (χ4v) is 2.28. The van der Waals surface area contributed by atoms with Gasteiger partial charge in [0.2, 0.25) is 0 Å². The number of amides is 1. The Bertz CT molecular complexity index is 736. The normalized spacial score (nSPS) is 10.3. The Hall–Kier alpha value is -2.69. The van der Waals surface area contributed by atoms with E-state index in [0.717, 1.165) is 17.2 Å². The van der Waals surface area contributed by atoms with Crippen molar-refractivity contribution in [1.29, 1.82) is 0 Å². The van der Waals surface area contributed by atoms with E-state index >= 15 is 0 Å². The van der Waals surface area contributed by atoms with Crippen LogP contribution in [0.25, 0.3) is 0 Å². The number of halogens is 1. The molecule has 0 fully saturated rings. The van der Waals surface area contributed by atoms with E-state index in [1.807, 2.05) is 19.9 Å². The molecule has 120 valence electrons. The largest absolute Gasteiger partial charge is 0.462 e. The highest BCUT2D eigenvalue weighted by molar-refractivity contribution is 6.04. The van der Waals surface area contributed by atoms with E-state index in [0.29, 0.717) is 5.56 Å². The van der Waals surface area contributed by atoms with E-state index in [4.69, 9.17) is 4.74 Å². The number of anilines is 1. The first-order chi connectivity index (χ1) is 10.9. The molecule has 0 radical (unpaired) electrons. The maximum absolute atomic E-state index is 14.0. The molecule has 0 aliphatic heterocycles. The summed E-state index contributed by atoms with van der Waals surface area (Å²) in [5.41, 5.74) is 2.56. The Morgan fingerprint density at radius 2 is 1.74 bits per heavy atom. The van der Waals surface area contributed by atoms with Crippen LogP contribution in [-0.4, -0.2) is 18.5 Å². The molecule has 5 heteroatoms. The van der Waals surface area contributed by atoms with E-state index in [9.17, 15) is 14.0 Å². The third-order valence-electron chi connectivity index (χ3n) is 3.21. The first-order valence-electron chi connectivity index (χ1n) is 7.27. The summed E-state index contributed by atoms with van der Waals surface area (Å²) in [5, 5.41) is 2.62. The minimum Gasteiger partial charge on any atom is -0.462 e. The molecule has 1 amide bonds. The first-order valence-corrected chi connectivity index (χ1v) is 7.27. The van der Waals surface area contributed by atoms with Crippen LogP contribution < -0.4 is 5.32 Å².